The van der Waals surface area contributed by atoms with Crippen molar-refractivity contribution in [3.63, 3.8) is 0 Å². The maximum Gasteiger partial charge on any atom is 0.433 e. The normalized spacial score (nSPS) is 12.5. The van der Waals surface area contributed by atoms with Gasteiger partial charge in [0.25, 0.3) is 5.91 Å². The van der Waals surface area contributed by atoms with E-state index >= 15 is 0 Å². The van der Waals surface area contributed by atoms with E-state index in [1.54, 1.807) is 6.92 Å². The molecule has 0 saturated heterocycles. The number of aliphatic hydroxyl groups excluding tert-OH is 1. The number of carbonyl (C=O) groups is 1. The molecule has 0 saturated carbocycles. The van der Waals surface area contributed by atoms with Gasteiger partial charge < -0.3 is 10.4 Å². The maximum atomic E-state index is 14.7. The van der Waals surface area contributed by atoms with Crippen LogP contribution in [0.2, 0.25) is 0 Å². The Morgan fingerprint density at radius 3 is 2.45 bits per heavy atom. The van der Waals surface area contributed by atoms with Gasteiger partial charge in [-0.2, -0.15) is 13.2 Å². The predicted molar refractivity (Wildman–Crippen MR) is 112 cm³/mol. The van der Waals surface area contributed by atoms with Crippen molar-refractivity contribution >= 4 is 17.7 Å². The van der Waals surface area contributed by atoms with Crippen LogP contribution in [0, 0.1) is 18.6 Å². The lowest BCUT2D eigenvalue weighted by molar-refractivity contribution is -0.141. The molecule has 3 rings (SSSR count). The summed E-state index contributed by atoms with van der Waals surface area (Å²) in [5.41, 5.74) is -0.0913. The average Bonchev–Trinajstić information content (AvgIpc) is 2.77. The third kappa shape index (κ3) is 6.05. The molecule has 1 aromatic carbocycles. The standard InChI is InChI=1S/C22H18F5N3O2S/c1-12-8-18(21(32)28-6-7-31)29-11-16(12)20(15-9-13(23)2-4-17(15)24)33-14-3-5-19(30-10-14)22(25,26)27/h2-5,8-11,20,31H,6-7H2,1H3,(H,28,32). The number of benzene rings is 1. The second-order valence-corrected chi connectivity index (χ2v) is 8.12. The van der Waals surface area contributed by atoms with Crippen molar-refractivity contribution in [2.75, 3.05) is 13.2 Å². The Kier molecular flexibility index (Phi) is 7.65. The summed E-state index contributed by atoms with van der Waals surface area (Å²) in [6, 6.07) is 6.39. The van der Waals surface area contributed by atoms with E-state index in [1.807, 2.05) is 0 Å². The third-order valence-electron chi connectivity index (χ3n) is 4.58. The first kappa shape index (κ1) is 24.6. The van der Waals surface area contributed by atoms with Crippen LogP contribution in [-0.2, 0) is 6.18 Å². The minimum absolute atomic E-state index is 0.0369. The Labute approximate surface area is 190 Å². The summed E-state index contributed by atoms with van der Waals surface area (Å²) in [4.78, 5) is 19.9. The van der Waals surface area contributed by atoms with E-state index in [2.05, 4.69) is 15.3 Å². The van der Waals surface area contributed by atoms with Crippen LogP contribution < -0.4 is 5.32 Å². The number of nitrogens with zero attached hydrogens (tertiary/aromatic N) is 2. The summed E-state index contributed by atoms with van der Waals surface area (Å²) < 4.78 is 67.1. The van der Waals surface area contributed by atoms with Crippen molar-refractivity contribution in [1.82, 2.24) is 15.3 Å². The van der Waals surface area contributed by atoms with Crippen molar-refractivity contribution in [2.24, 2.45) is 0 Å². The quantitative estimate of drug-likeness (QED) is 0.377. The number of alkyl halides is 3. The number of halogens is 5. The van der Waals surface area contributed by atoms with Gasteiger partial charge in [-0.25, -0.2) is 8.78 Å². The van der Waals surface area contributed by atoms with Crippen LogP contribution in [0.3, 0.4) is 0 Å². The Bertz CT molecular complexity index is 1140. The molecule has 3 aromatic rings. The largest absolute Gasteiger partial charge is 0.433 e. The van der Waals surface area contributed by atoms with Crippen molar-refractivity contribution < 1.29 is 31.9 Å². The topological polar surface area (TPSA) is 75.1 Å². The number of aliphatic hydroxyl groups is 1. The molecule has 0 aliphatic carbocycles. The van der Waals surface area contributed by atoms with E-state index in [0.29, 0.717) is 16.0 Å². The van der Waals surface area contributed by atoms with Gasteiger partial charge in [0.15, 0.2) is 0 Å². The third-order valence-corrected chi connectivity index (χ3v) is 5.84. The second kappa shape index (κ2) is 10.3. The highest BCUT2D eigenvalue weighted by atomic mass is 32.2. The minimum atomic E-state index is -4.61. The number of amides is 1. The molecule has 5 nitrogen and oxygen atoms in total. The molecule has 2 N–H and O–H groups in total. The molecule has 2 heterocycles. The smallest absolute Gasteiger partial charge is 0.395 e. The highest BCUT2D eigenvalue weighted by Crippen LogP contribution is 2.43. The van der Waals surface area contributed by atoms with Crippen LogP contribution in [0.5, 0.6) is 0 Å². The van der Waals surface area contributed by atoms with Gasteiger partial charge in [-0.05, 0) is 54.4 Å². The number of aryl methyl sites for hydroxylation is 1. The number of aromatic nitrogens is 2. The molecule has 174 valence electrons. The molecule has 33 heavy (non-hydrogen) atoms. The lowest BCUT2D eigenvalue weighted by Gasteiger charge is -2.21. The Morgan fingerprint density at radius 1 is 1.09 bits per heavy atom. The predicted octanol–water partition coefficient (Wildman–Crippen LogP) is 4.69. The van der Waals surface area contributed by atoms with Gasteiger partial charge in [0.05, 0.1) is 11.9 Å². The molecule has 11 heteroatoms. The van der Waals surface area contributed by atoms with Crippen LogP contribution in [0.1, 0.15) is 38.1 Å². The first-order valence-electron chi connectivity index (χ1n) is 9.60. The SMILES string of the molecule is Cc1cc(C(=O)NCCO)ncc1C(Sc1ccc(C(F)(F)F)nc1)c1cc(F)ccc1F. The van der Waals surface area contributed by atoms with Gasteiger partial charge in [0, 0.05) is 29.4 Å². The number of hydrogen-bond acceptors (Lipinski definition) is 5. The molecular weight excluding hydrogens is 465 g/mol. The molecule has 1 amide bonds. The molecule has 1 unspecified atom stereocenters. The van der Waals surface area contributed by atoms with Crippen molar-refractivity contribution in [2.45, 2.75) is 23.2 Å². The van der Waals surface area contributed by atoms with E-state index in [9.17, 15) is 26.7 Å². The summed E-state index contributed by atoms with van der Waals surface area (Å²) in [6.45, 7) is 1.44. The number of rotatable bonds is 7. The Hall–Kier alpha value is -3.05. The van der Waals surface area contributed by atoms with Crippen molar-refractivity contribution in [3.05, 3.63) is 88.5 Å². The second-order valence-electron chi connectivity index (χ2n) is 6.95. The molecule has 0 radical (unpaired) electrons. The number of carbonyl (C=O) groups excluding carboxylic acids is 1. The van der Waals surface area contributed by atoms with Crippen molar-refractivity contribution in [3.8, 4) is 0 Å². The van der Waals surface area contributed by atoms with Crippen molar-refractivity contribution in [1.29, 1.82) is 0 Å². The number of pyridine rings is 2. The summed E-state index contributed by atoms with van der Waals surface area (Å²) in [5, 5.41) is 10.4. The summed E-state index contributed by atoms with van der Waals surface area (Å²) >= 11 is 0.969. The molecular formula is C22H18F5N3O2S. The molecule has 0 spiro atoms. The number of thioether (sulfide) groups is 1. The van der Waals surface area contributed by atoms with E-state index in [-0.39, 0.29) is 24.4 Å². The summed E-state index contributed by atoms with van der Waals surface area (Å²) in [6.07, 6.45) is -2.26. The van der Waals surface area contributed by atoms with Crippen LogP contribution in [0.25, 0.3) is 0 Å². The van der Waals surface area contributed by atoms with E-state index in [1.165, 1.54) is 18.3 Å². The first-order valence-corrected chi connectivity index (χ1v) is 10.5. The van der Waals surface area contributed by atoms with E-state index in [0.717, 1.165) is 42.2 Å². The fourth-order valence-corrected chi connectivity index (χ4v) is 4.20. The molecule has 0 fully saturated rings. The average molecular weight is 483 g/mol. The Balaban J connectivity index is 2.01. The van der Waals surface area contributed by atoms with Gasteiger partial charge in [-0.1, -0.05) is 0 Å². The first-order chi connectivity index (χ1) is 15.6. The molecule has 2 aromatic heterocycles. The Morgan fingerprint density at radius 2 is 1.85 bits per heavy atom. The van der Waals surface area contributed by atoms with Gasteiger partial charge in [0.2, 0.25) is 0 Å². The molecule has 0 aliphatic heterocycles. The van der Waals surface area contributed by atoms with E-state index in [4.69, 9.17) is 5.11 Å². The van der Waals surface area contributed by atoms with Gasteiger partial charge in [-0.3, -0.25) is 14.8 Å². The summed E-state index contributed by atoms with van der Waals surface area (Å²) in [5.74, 6) is -1.92. The number of nitrogens with one attached hydrogen (secondary N) is 1. The fourth-order valence-electron chi connectivity index (χ4n) is 2.99. The highest BCUT2D eigenvalue weighted by Gasteiger charge is 2.32. The zero-order chi connectivity index (χ0) is 24.2. The van der Waals surface area contributed by atoms with Crippen LogP contribution >= 0.6 is 11.8 Å². The van der Waals surface area contributed by atoms with Gasteiger partial charge in [0.1, 0.15) is 23.0 Å². The number of hydrogen-bond donors (Lipinski definition) is 2. The fraction of sp³-hybridized carbons (Fsp3) is 0.227. The zero-order valence-electron chi connectivity index (χ0n) is 17.2. The van der Waals surface area contributed by atoms with E-state index < -0.39 is 34.7 Å². The van der Waals surface area contributed by atoms with Crippen LogP contribution in [0.4, 0.5) is 22.0 Å². The lowest BCUT2D eigenvalue weighted by atomic mass is 10.0. The monoisotopic (exact) mass is 483 g/mol. The molecule has 0 aliphatic rings. The van der Waals surface area contributed by atoms with Gasteiger partial charge >= 0.3 is 6.18 Å². The zero-order valence-corrected chi connectivity index (χ0v) is 18.0. The molecule has 0 bridgehead atoms. The molecule has 1 atom stereocenters. The minimum Gasteiger partial charge on any atom is -0.395 e. The maximum absolute atomic E-state index is 14.7. The van der Waals surface area contributed by atoms with Crippen LogP contribution in [0.15, 0.2) is 53.7 Å². The van der Waals surface area contributed by atoms with Gasteiger partial charge in [-0.15, -0.1) is 11.8 Å². The lowest BCUT2D eigenvalue weighted by Crippen LogP contribution is -2.27. The van der Waals surface area contributed by atoms with Crippen LogP contribution in [-0.4, -0.2) is 34.1 Å². The highest BCUT2D eigenvalue weighted by molar-refractivity contribution is 7.99. The summed E-state index contributed by atoms with van der Waals surface area (Å²) in [7, 11) is 0.